The number of nitrogens with zero attached hydrogens (tertiary/aromatic N) is 5. The summed E-state index contributed by atoms with van der Waals surface area (Å²) in [6.45, 7) is 4.07. The van der Waals surface area contributed by atoms with Gasteiger partial charge in [-0.1, -0.05) is 18.2 Å². The fourth-order valence-corrected chi connectivity index (χ4v) is 9.38. The molecule has 0 bridgehead atoms. The number of alkyl halides is 3. The third-order valence-electron chi connectivity index (χ3n) is 12.5. The SMILES string of the molecule is Cn1c(=O)n(C2CCC(=O)NC2=O)c2cccc(C3CCC(NCC4CCC(n5cc6cc(NC(=O)c7cccc(C(F)(F)F)n7)c(C(C)(C)O)cc6n5)CC4)CC3)c21. The lowest BCUT2D eigenvalue weighted by Gasteiger charge is -2.33. The van der Waals surface area contributed by atoms with Gasteiger partial charge >= 0.3 is 11.9 Å². The van der Waals surface area contributed by atoms with E-state index in [9.17, 15) is 37.5 Å². The van der Waals surface area contributed by atoms with Crippen LogP contribution < -0.4 is 21.6 Å². The van der Waals surface area contributed by atoms with Crippen LogP contribution >= 0.6 is 0 Å². The highest BCUT2D eigenvalue weighted by Gasteiger charge is 2.35. The maximum Gasteiger partial charge on any atom is 0.433 e. The molecule has 13 nitrogen and oxygen atoms in total. The summed E-state index contributed by atoms with van der Waals surface area (Å²) in [5.74, 6) is -0.749. The Morgan fingerprint density at radius 1 is 0.949 bits per heavy atom. The minimum Gasteiger partial charge on any atom is -0.386 e. The number of rotatable bonds is 9. The third-order valence-corrected chi connectivity index (χ3v) is 12.5. The quantitative estimate of drug-likeness (QED) is 0.121. The fourth-order valence-electron chi connectivity index (χ4n) is 9.38. The Kier molecular flexibility index (Phi) is 10.7. The molecule has 5 aromatic rings. The van der Waals surface area contributed by atoms with Gasteiger partial charge < -0.3 is 15.7 Å². The van der Waals surface area contributed by atoms with Crippen molar-refractivity contribution in [3.8, 4) is 0 Å². The number of aryl methyl sites for hydroxylation is 1. The fraction of sp³-hybridized carbons (Fsp3) is 0.488. The molecule has 16 heteroatoms. The van der Waals surface area contributed by atoms with Crippen LogP contribution in [0.5, 0.6) is 0 Å². The third kappa shape index (κ3) is 8.16. The number of para-hydroxylation sites is 1. The number of imide groups is 1. The average molecular weight is 815 g/mol. The van der Waals surface area contributed by atoms with Crippen LogP contribution in [0.1, 0.15) is 123 Å². The summed E-state index contributed by atoms with van der Waals surface area (Å²) in [5.41, 5.74) is 0.814. The first-order valence-corrected chi connectivity index (χ1v) is 20.4. The van der Waals surface area contributed by atoms with Crippen molar-refractivity contribution in [2.45, 2.75) is 114 Å². The van der Waals surface area contributed by atoms with Gasteiger partial charge in [-0.15, -0.1) is 0 Å². The molecule has 4 N–H and O–H groups in total. The van der Waals surface area contributed by atoms with E-state index < -0.39 is 35.3 Å². The van der Waals surface area contributed by atoms with Crippen molar-refractivity contribution in [1.82, 2.24) is 34.5 Å². The molecule has 1 unspecified atom stereocenters. The van der Waals surface area contributed by atoms with Crippen molar-refractivity contribution in [3.05, 3.63) is 87.7 Å². The molecular formula is C43H49F3N8O5. The standard InChI is InChI=1S/C43H49F3N8O5/c1-42(2,59)30-21-32-26(20-33(30)49-39(56)31-7-5-9-36(48-31)43(44,45)46)23-53(51-32)28-16-10-24(11-17-28)22-47-27-14-12-25(13-15-27)29-6-4-8-34-38(29)52(3)41(58)54(34)35-18-19-37(55)50-40(35)57/h4-9,20-21,23-25,27-28,35,47,59H,10-19,22H2,1-3H3,(H,49,56)(H,50,55,57). The Bertz CT molecular complexity index is 2480. The van der Waals surface area contributed by atoms with Gasteiger partial charge in [0.05, 0.1) is 28.2 Å². The number of carbonyl (C=O) groups excluding carboxylic acids is 3. The second-order valence-corrected chi connectivity index (χ2v) is 17.0. The number of anilines is 1. The van der Waals surface area contributed by atoms with Crippen molar-refractivity contribution in [2.24, 2.45) is 13.0 Å². The van der Waals surface area contributed by atoms with E-state index >= 15 is 0 Å². The number of carbonyl (C=O) groups is 3. The van der Waals surface area contributed by atoms with E-state index in [0.29, 0.717) is 35.4 Å². The Labute approximate surface area is 338 Å². The van der Waals surface area contributed by atoms with Crippen LogP contribution in [0.25, 0.3) is 21.9 Å². The highest BCUT2D eigenvalue weighted by Crippen LogP contribution is 2.39. The van der Waals surface area contributed by atoms with Crippen LogP contribution in [0.3, 0.4) is 0 Å². The average Bonchev–Trinajstić information content (AvgIpc) is 3.74. The number of aromatic nitrogens is 5. The summed E-state index contributed by atoms with van der Waals surface area (Å²) >= 11 is 0. The Balaban J connectivity index is 0.869. The van der Waals surface area contributed by atoms with E-state index in [2.05, 4.69) is 27.0 Å². The second-order valence-electron chi connectivity index (χ2n) is 17.0. The number of amides is 3. The molecule has 2 aromatic carbocycles. The van der Waals surface area contributed by atoms with E-state index in [4.69, 9.17) is 5.10 Å². The number of pyridine rings is 1. The van der Waals surface area contributed by atoms with Gasteiger partial charge in [-0.05, 0) is 126 Å². The van der Waals surface area contributed by atoms with Crippen molar-refractivity contribution in [2.75, 3.05) is 11.9 Å². The number of fused-ring (bicyclic) bond motifs is 2. The van der Waals surface area contributed by atoms with Crippen molar-refractivity contribution in [1.29, 1.82) is 0 Å². The lowest BCUT2D eigenvalue weighted by Crippen LogP contribution is -2.44. The molecule has 3 aromatic heterocycles. The monoisotopic (exact) mass is 814 g/mol. The normalized spacial score (nSPS) is 23.1. The molecule has 59 heavy (non-hydrogen) atoms. The summed E-state index contributed by atoms with van der Waals surface area (Å²) in [6.07, 6.45) is 5.68. The molecule has 1 atom stereocenters. The number of aliphatic hydroxyl groups is 1. The first-order valence-electron chi connectivity index (χ1n) is 20.4. The summed E-state index contributed by atoms with van der Waals surface area (Å²) in [5, 5.41) is 25.5. The summed E-state index contributed by atoms with van der Waals surface area (Å²) in [7, 11) is 1.76. The molecule has 0 spiro atoms. The molecular weight excluding hydrogens is 766 g/mol. The van der Waals surface area contributed by atoms with E-state index in [1.165, 1.54) is 6.07 Å². The largest absolute Gasteiger partial charge is 0.433 e. The van der Waals surface area contributed by atoms with Gasteiger partial charge in [-0.2, -0.15) is 18.3 Å². The van der Waals surface area contributed by atoms with Crippen molar-refractivity contribution >= 4 is 45.3 Å². The highest BCUT2D eigenvalue weighted by molar-refractivity contribution is 6.04. The molecule has 3 amide bonds. The van der Waals surface area contributed by atoms with Crippen LogP contribution in [0.4, 0.5) is 18.9 Å². The minimum atomic E-state index is -4.70. The molecule has 2 aliphatic carbocycles. The zero-order valence-electron chi connectivity index (χ0n) is 33.3. The Morgan fingerprint density at radius 3 is 2.37 bits per heavy atom. The zero-order chi connectivity index (χ0) is 41.8. The first kappa shape index (κ1) is 40.4. The molecule has 3 fully saturated rings. The van der Waals surface area contributed by atoms with Gasteiger partial charge in [0.15, 0.2) is 0 Å². The number of hydrogen-bond acceptors (Lipinski definition) is 8. The van der Waals surface area contributed by atoms with Crippen molar-refractivity contribution in [3.63, 3.8) is 0 Å². The topological polar surface area (TPSA) is 165 Å². The van der Waals surface area contributed by atoms with Gasteiger partial charge in [0.25, 0.3) is 5.91 Å². The van der Waals surface area contributed by atoms with E-state index in [0.717, 1.165) is 92.0 Å². The molecule has 0 radical (unpaired) electrons. The van der Waals surface area contributed by atoms with Crippen LogP contribution in [-0.2, 0) is 28.4 Å². The number of imidazole rings is 1. The predicted octanol–water partition coefficient (Wildman–Crippen LogP) is 6.61. The number of benzene rings is 2. The van der Waals surface area contributed by atoms with Gasteiger partial charge in [0.1, 0.15) is 17.4 Å². The van der Waals surface area contributed by atoms with Crippen LogP contribution in [0.2, 0.25) is 0 Å². The molecule has 3 aliphatic rings. The van der Waals surface area contributed by atoms with Crippen LogP contribution in [-0.4, -0.2) is 59.3 Å². The maximum atomic E-state index is 13.4. The number of nitrogens with one attached hydrogen (secondary N) is 3. The predicted molar refractivity (Wildman–Crippen MR) is 215 cm³/mol. The van der Waals surface area contributed by atoms with Gasteiger partial charge in [-0.3, -0.25) is 33.5 Å². The lowest BCUT2D eigenvalue weighted by molar-refractivity contribution is -0.141. The van der Waals surface area contributed by atoms with E-state index in [1.54, 1.807) is 42.2 Å². The number of hydrogen-bond donors (Lipinski definition) is 4. The molecule has 1 aliphatic heterocycles. The molecule has 1 saturated heterocycles. The Morgan fingerprint density at radius 2 is 1.68 bits per heavy atom. The van der Waals surface area contributed by atoms with E-state index in [1.807, 2.05) is 23.0 Å². The van der Waals surface area contributed by atoms with Gasteiger partial charge in [0, 0.05) is 42.3 Å². The summed E-state index contributed by atoms with van der Waals surface area (Å²) in [6, 6.07) is 12.4. The molecule has 2 saturated carbocycles. The number of piperidine rings is 1. The smallest absolute Gasteiger partial charge is 0.386 e. The summed E-state index contributed by atoms with van der Waals surface area (Å²) < 4.78 is 44.9. The molecule has 4 heterocycles. The zero-order valence-corrected chi connectivity index (χ0v) is 33.3. The van der Waals surface area contributed by atoms with E-state index in [-0.39, 0.29) is 35.4 Å². The van der Waals surface area contributed by atoms with Gasteiger partial charge in [0.2, 0.25) is 11.8 Å². The first-order chi connectivity index (χ1) is 28.0. The minimum absolute atomic E-state index is 0.176. The van der Waals surface area contributed by atoms with Crippen molar-refractivity contribution < 1.29 is 32.7 Å². The maximum absolute atomic E-state index is 13.4. The van der Waals surface area contributed by atoms with Crippen LogP contribution in [0, 0.1) is 5.92 Å². The molecule has 312 valence electrons. The number of halogens is 3. The molecule has 8 rings (SSSR count). The van der Waals surface area contributed by atoms with Crippen LogP contribution in [0.15, 0.2) is 59.5 Å². The lowest BCUT2D eigenvalue weighted by atomic mass is 9.80. The second kappa shape index (κ2) is 15.7. The highest BCUT2D eigenvalue weighted by atomic mass is 19.4. The van der Waals surface area contributed by atoms with Gasteiger partial charge in [-0.25, -0.2) is 9.78 Å². The summed E-state index contributed by atoms with van der Waals surface area (Å²) in [4.78, 5) is 54.5. The Hall–Kier alpha value is -5.35.